The Morgan fingerprint density at radius 2 is 1.52 bits per heavy atom. The standard InChI is InChI=1S/C20H23F3/c1-12(2)15-7-9-17(21)16(13(15)3)11-20(4,5)14-6-8-18(22)19(23)10-14/h6-10,12H,11H2,1-5H3. The van der Waals surface area contributed by atoms with Crippen LogP contribution in [0, 0.1) is 24.4 Å². The average Bonchev–Trinajstić information content (AvgIpc) is 2.45. The van der Waals surface area contributed by atoms with Crippen LogP contribution in [-0.2, 0) is 11.8 Å². The fraction of sp³-hybridized carbons (Fsp3) is 0.400. The second-order valence-electron chi connectivity index (χ2n) is 7.08. The van der Waals surface area contributed by atoms with E-state index in [4.69, 9.17) is 0 Å². The van der Waals surface area contributed by atoms with Gasteiger partial charge in [-0.25, -0.2) is 13.2 Å². The molecule has 0 atom stereocenters. The Morgan fingerprint density at radius 1 is 0.913 bits per heavy atom. The van der Waals surface area contributed by atoms with E-state index in [1.807, 2.05) is 26.8 Å². The van der Waals surface area contributed by atoms with Crippen LogP contribution in [0.3, 0.4) is 0 Å². The zero-order chi connectivity index (χ0) is 17.4. The molecule has 0 amide bonds. The Balaban J connectivity index is 2.44. The van der Waals surface area contributed by atoms with Crippen LogP contribution >= 0.6 is 0 Å². The van der Waals surface area contributed by atoms with Crippen molar-refractivity contribution in [1.29, 1.82) is 0 Å². The molecule has 0 unspecified atom stereocenters. The Hall–Kier alpha value is -1.77. The minimum absolute atomic E-state index is 0.248. The fourth-order valence-electron chi connectivity index (χ4n) is 3.05. The molecule has 23 heavy (non-hydrogen) atoms. The maximum Gasteiger partial charge on any atom is 0.159 e. The van der Waals surface area contributed by atoms with Crippen LogP contribution in [-0.4, -0.2) is 0 Å². The lowest BCUT2D eigenvalue weighted by molar-refractivity contribution is 0.477. The van der Waals surface area contributed by atoms with Gasteiger partial charge in [0.15, 0.2) is 11.6 Å². The van der Waals surface area contributed by atoms with Crippen molar-refractivity contribution in [2.75, 3.05) is 0 Å². The van der Waals surface area contributed by atoms with Crippen LogP contribution in [0.5, 0.6) is 0 Å². The number of halogens is 3. The zero-order valence-corrected chi connectivity index (χ0v) is 14.3. The average molecular weight is 320 g/mol. The number of rotatable bonds is 4. The number of hydrogen-bond donors (Lipinski definition) is 0. The van der Waals surface area contributed by atoms with Crippen LogP contribution in [0.4, 0.5) is 13.2 Å². The minimum Gasteiger partial charge on any atom is -0.207 e. The van der Waals surface area contributed by atoms with Crippen LogP contribution in [0.15, 0.2) is 30.3 Å². The lowest BCUT2D eigenvalue weighted by atomic mass is 9.77. The maximum absolute atomic E-state index is 14.3. The molecule has 2 aromatic rings. The first-order valence-electron chi connectivity index (χ1n) is 7.87. The summed E-state index contributed by atoms with van der Waals surface area (Å²) in [6, 6.07) is 7.22. The smallest absolute Gasteiger partial charge is 0.159 e. The first-order valence-corrected chi connectivity index (χ1v) is 7.87. The Bertz CT molecular complexity index is 715. The molecule has 0 heterocycles. The van der Waals surface area contributed by atoms with E-state index in [9.17, 15) is 13.2 Å². The molecule has 0 aliphatic rings. The van der Waals surface area contributed by atoms with Gasteiger partial charge >= 0.3 is 0 Å². The molecule has 0 saturated carbocycles. The largest absolute Gasteiger partial charge is 0.207 e. The summed E-state index contributed by atoms with van der Waals surface area (Å²) in [5.74, 6) is -1.68. The molecule has 2 rings (SSSR count). The summed E-state index contributed by atoms with van der Waals surface area (Å²) < 4.78 is 41.0. The van der Waals surface area contributed by atoms with E-state index in [2.05, 4.69) is 13.8 Å². The summed E-state index contributed by atoms with van der Waals surface area (Å²) in [5.41, 5.74) is 2.85. The van der Waals surface area contributed by atoms with Crippen LogP contribution < -0.4 is 0 Å². The van der Waals surface area contributed by atoms with Gasteiger partial charge in [-0.1, -0.05) is 39.8 Å². The quantitative estimate of drug-likeness (QED) is 0.642. The molecule has 0 aliphatic heterocycles. The summed E-state index contributed by atoms with van der Waals surface area (Å²) in [6.45, 7) is 9.91. The van der Waals surface area contributed by atoms with Crippen molar-refractivity contribution in [3.05, 3.63) is 70.0 Å². The summed E-state index contributed by atoms with van der Waals surface area (Å²) >= 11 is 0. The van der Waals surface area contributed by atoms with Gasteiger partial charge in [0, 0.05) is 0 Å². The van der Waals surface area contributed by atoms with E-state index >= 15 is 0 Å². The van der Waals surface area contributed by atoms with Gasteiger partial charge < -0.3 is 0 Å². The first kappa shape index (κ1) is 17.6. The van der Waals surface area contributed by atoms with E-state index in [1.165, 1.54) is 12.1 Å². The molecular formula is C20H23F3. The topological polar surface area (TPSA) is 0 Å². The third kappa shape index (κ3) is 3.60. The van der Waals surface area contributed by atoms with E-state index in [0.29, 0.717) is 23.5 Å². The highest BCUT2D eigenvalue weighted by Crippen LogP contribution is 2.33. The molecule has 0 nitrogen and oxygen atoms in total. The van der Waals surface area contributed by atoms with Gasteiger partial charge in [-0.05, 0) is 65.1 Å². The minimum atomic E-state index is -0.872. The van der Waals surface area contributed by atoms with Gasteiger partial charge in [-0.15, -0.1) is 0 Å². The van der Waals surface area contributed by atoms with Gasteiger partial charge in [-0.2, -0.15) is 0 Å². The highest BCUT2D eigenvalue weighted by molar-refractivity contribution is 5.39. The molecule has 0 N–H and O–H groups in total. The van der Waals surface area contributed by atoms with Gasteiger partial charge in [-0.3, -0.25) is 0 Å². The van der Waals surface area contributed by atoms with Gasteiger partial charge in [0.05, 0.1) is 0 Å². The van der Waals surface area contributed by atoms with Crippen molar-refractivity contribution in [2.45, 2.75) is 52.4 Å². The molecular weight excluding hydrogens is 297 g/mol. The summed E-state index contributed by atoms with van der Waals surface area (Å²) in [7, 11) is 0. The molecule has 3 heteroatoms. The van der Waals surface area contributed by atoms with E-state index in [-0.39, 0.29) is 5.82 Å². The van der Waals surface area contributed by atoms with E-state index in [0.717, 1.165) is 17.2 Å². The lowest BCUT2D eigenvalue weighted by Crippen LogP contribution is -2.22. The molecule has 0 aromatic heterocycles. The second kappa shape index (κ2) is 6.38. The molecule has 0 radical (unpaired) electrons. The predicted molar refractivity (Wildman–Crippen MR) is 88.3 cm³/mol. The Labute approximate surface area is 136 Å². The van der Waals surface area contributed by atoms with E-state index in [1.54, 1.807) is 6.07 Å². The third-order valence-electron chi connectivity index (χ3n) is 4.52. The van der Waals surface area contributed by atoms with Gasteiger partial charge in [0.2, 0.25) is 0 Å². The maximum atomic E-state index is 14.3. The van der Waals surface area contributed by atoms with Crippen LogP contribution in [0.2, 0.25) is 0 Å². The number of hydrogen-bond acceptors (Lipinski definition) is 0. The molecule has 0 aliphatic carbocycles. The summed E-state index contributed by atoms with van der Waals surface area (Å²) in [5, 5.41) is 0. The molecule has 0 bridgehead atoms. The highest BCUT2D eigenvalue weighted by atomic mass is 19.2. The van der Waals surface area contributed by atoms with Crippen molar-refractivity contribution in [1.82, 2.24) is 0 Å². The summed E-state index contributed by atoms with van der Waals surface area (Å²) in [4.78, 5) is 0. The summed E-state index contributed by atoms with van der Waals surface area (Å²) in [6.07, 6.45) is 0.427. The highest BCUT2D eigenvalue weighted by Gasteiger charge is 2.25. The molecule has 0 saturated heterocycles. The molecule has 0 fully saturated rings. The van der Waals surface area contributed by atoms with E-state index < -0.39 is 17.0 Å². The van der Waals surface area contributed by atoms with Gasteiger partial charge in [0.1, 0.15) is 5.82 Å². The lowest BCUT2D eigenvalue weighted by Gasteiger charge is -2.27. The van der Waals surface area contributed by atoms with Crippen molar-refractivity contribution in [2.24, 2.45) is 0 Å². The molecule has 2 aromatic carbocycles. The molecule has 124 valence electrons. The second-order valence-corrected chi connectivity index (χ2v) is 7.08. The SMILES string of the molecule is Cc1c(C(C)C)ccc(F)c1CC(C)(C)c1ccc(F)c(F)c1. The zero-order valence-electron chi connectivity index (χ0n) is 14.3. The van der Waals surface area contributed by atoms with Gasteiger partial charge in [0.25, 0.3) is 0 Å². The van der Waals surface area contributed by atoms with Crippen molar-refractivity contribution in [3.63, 3.8) is 0 Å². The number of benzene rings is 2. The molecule has 0 spiro atoms. The van der Waals surface area contributed by atoms with Crippen molar-refractivity contribution in [3.8, 4) is 0 Å². The monoisotopic (exact) mass is 320 g/mol. The van der Waals surface area contributed by atoms with Crippen LogP contribution in [0.1, 0.15) is 55.9 Å². The first-order chi connectivity index (χ1) is 10.6. The predicted octanol–water partition coefficient (Wildman–Crippen LogP) is 6.06. The Morgan fingerprint density at radius 3 is 2.09 bits per heavy atom. The normalized spacial score (nSPS) is 12.0. The fourth-order valence-corrected chi connectivity index (χ4v) is 3.05. The van der Waals surface area contributed by atoms with Crippen molar-refractivity contribution < 1.29 is 13.2 Å². The third-order valence-corrected chi connectivity index (χ3v) is 4.52. The van der Waals surface area contributed by atoms with Crippen LogP contribution in [0.25, 0.3) is 0 Å². The van der Waals surface area contributed by atoms with Crippen molar-refractivity contribution >= 4 is 0 Å². The Kier molecular flexibility index (Phi) is 4.88.